The Labute approximate surface area is 288 Å². The molecule has 0 radical (unpaired) electrons. The van der Waals surface area contributed by atoms with Gasteiger partial charge < -0.3 is 9.47 Å². The maximum Gasteiger partial charge on any atom is 0.527 e. The second kappa shape index (κ2) is 15.2. The lowest BCUT2D eigenvalue weighted by Crippen LogP contribution is -2.30. The van der Waals surface area contributed by atoms with Gasteiger partial charge in [0.2, 0.25) is 0 Å². The lowest BCUT2D eigenvalue weighted by molar-refractivity contribution is -0.432. The average Bonchev–Trinajstić information content (AvgIpc) is 3.04. The summed E-state index contributed by atoms with van der Waals surface area (Å²) in [6.45, 7) is 2.23. The van der Waals surface area contributed by atoms with Crippen LogP contribution < -0.4 is 9.47 Å². The van der Waals surface area contributed by atoms with Crippen LogP contribution in [0.25, 0.3) is 0 Å². The molecule has 0 aliphatic heterocycles. The van der Waals surface area contributed by atoms with Crippen molar-refractivity contribution in [2.75, 3.05) is 0 Å². The van der Waals surface area contributed by atoms with E-state index in [-0.39, 0.29) is 18.1 Å². The van der Waals surface area contributed by atoms with E-state index in [4.69, 9.17) is 4.74 Å². The number of hydrogen-bond donors (Lipinski definition) is 0. The number of rotatable bonds is 12. The minimum atomic E-state index is -5.99. The van der Waals surface area contributed by atoms with Crippen molar-refractivity contribution in [1.29, 1.82) is 0 Å². The van der Waals surface area contributed by atoms with Crippen LogP contribution >= 0.6 is 0 Å². The Morgan fingerprint density at radius 1 is 0.569 bits per heavy atom. The second-order valence-corrected chi connectivity index (χ2v) is 13.4. The first-order valence-corrected chi connectivity index (χ1v) is 16.9. The standard InChI is InChI=1S/C37H37F11O3/c1-2-3-22-4-6-23(7-5-22)24-8-10-25(11-9-24)26-12-14-27(15-13-26)34(40,41)49-29-18-16-28(17-19-29)35(42,43)50-30-20-31(38)33(32(39)21-30)36(44,45)51-37(46,47)48/h12-25H,2-11H2,1H3. The van der Waals surface area contributed by atoms with Crippen LogP contribution in [0.2, 0.25) is 0 Å². The molecule has 0 spiro atoms. The van der Waals surface area contributed by atoms with Gasteiger partial charge in [-0.1, -0.05) is 44.7 Å². The van der Waals surface area contributed by atoms with Gasteiger partial charge >= 0.3 is 24.7 Å². The number of alkyl halides is 9. The van der Waals surface area contributed by atoms with Crippen molar-refractivity contribution in [3.8, 4) is 11.5 Å². The molecule has 0 bridgehead atoms. The summed E-state index contributed by atoms with van der Waals surface area (Å²) >= 11 is 0. The summed E-state index contributed by atoms with van der Waals surface area (Å²) in [6, 6.07) is 8.23. The Morgan fingerprint density at radius 2 is 1.02 bits per heavy atom. The van der Waals surface area contributed by atoms with Gasteiger partial charge in [-0.3, -0.25) is 0 Å². The quantitative estimate of drug-likeness (QED) is 0.173. The Balaban J connectivity index is 1.16. The van der Waals surface area contributed by atoms with Crippen LogP contribution in [0.5, 0.6) is 11.5 Å². The van der Waals surface area contributed by atoms with E-state index in [1.807, 2.05) is 0 Å². The molecule has 14 heteroatoms. The van der Waals surface area contributed by atoms with Crippen molar-refractivity contribution in [2.45, 2.75) is 102 Å². The summed E-state index contributed by atoms with van der Waals surface area (Å²) in [5.74, 6) is -4.00. The first kappa shape index (κ1) is 38.7. The average molecular weight is 739 g/mol. The van der Waals surface area contributed by atoms with Gasteiger partial charge in [0, 0.05) is 12.1 Å². The van der Waals surface area contributed by atoms with Crippen LogP contribution in [0.4, 0.5) is 48.3 Å². The molecule has 0 amide bonds. The molecule has 2 aliphatic rings. The maximum atomic E-state index is 15.1. The monoisotopic (exact) mass is 738 g/mol. The van der Waals surface area contributed by atoms with E-state index in [0.29, 0.717) is 18.1 Å². The van der Waals surface area contributed by atoms with E-state index in [0.717, 1.165) is 55.2 Å². The van der Waals surface area contributed by atoms with Crippen LogP contribution in [0.1, 0.15) is 99.3 Å². The van der Waals surface area contributed by atoms with Crippen LogP contribution in [0, 0.1) is 29.4 Å². The molecule has 0 aromatic heterocycles. The smallest absolute Gasteiger partial charge is 0.429 e. The summed E-state index contributed by atoms with van der Waals surface area (Å²) in [4.78, 5) is 0. The van der Waals surface area contributed by atoms with E-state index in [9.17, 15) is 39.5 Å². The predicted molar refractivity (Wildman–Crippen MR) is 164 cm³/mol. The summed E-state index contributed by atoms with van der Waals surface area (Å²) in [5.41, 5.74) is -2.99. The number of halogens is 11. The van der Waals surface area contributed by atoms with Crippen LogP contribution in [-0.2, 0) is 23.1 Å². The molecule has 280 valence electrons. The number of ether oxygens (including phenoxy) is 3. The highest BCUT2D eigenvalue weighted by atomic mass is 19.4. The van der Waals surface area contributed by atoms with Crippen molar-refractivity contribution in [3.05, 3.63) is 94.6 Å². The summed E-state index contributed by atoms with van der Waals surface area (Å²) < 4.78 is 163. The van der Waals surface area contributed by atoms with Gasteiger partial charge in [-0.15, -0.1) is 13.2 Å². The van der Waals surface area contributed by atoms with Crippen molar-refractivity contribution in [3.63, 3.8) is 0 Å². The SMILES string of the molecule is CCCC1CCC(C2CCC(c3ccc(C(F)(F)Oc4ccc(C(F)(F)Oc5cc(F)c(C(F)(F)OC(F)(F)F)c(F)c5)cc4)cc3)CC2)CC1. The minimum Gasteiger partial charge on any atom is -0.429 e. The van der Waals surface area contributed by atoms with Crippen LogP contribution in [0.3, 0.4) is 0 Å². The molecular formula is C37H37F11O3. The lowest BCUT2D eigenvalue weighted by atomic mass is 9.68. The van der Waals surface area contributed by atoms with Gasteiger partial charge in [0.25, 0.3) is 0 Å². The molecule has 51 heavy (non-hydrogen) atoms. The molecule has 3 aromatic carbocycles. The Bertz CT molecular complexity index is 1570. The molecule has 3 nitrogen and oxygen atoms in total. The highest BCUT2D eigenvalue weighted by molar-refractivity contribution is 5.35. The number of benzene rings is 3. The first-order chi connectivity index (χ1) is 23.9. The molecule has 3 aromatic rings. The molecule has 0 N–H and O–H groups in total. The zero-order chi connectivity index (χ0) is 37.2. The zero-order valence-corrected chi connectivity index (χ0v) is 27.5. The third-order valence-corrected chi connectivity index (χ3v) is 9.98. The van der Waals surface area contributed by atoms with Crippen molar-refractivity contribution < 1.29 is 62.5 Å². The van der Waals surface area contributed by atoms with E-state index in [1.165, 1.54) is 50.7 Å². The zero-order valence-electron chi connectivity index (χ0n) is 27.5. The normalized spacial score (nSPS) is 22.1. The largest absolute Gasteiger partial charge is 0.527 e. The van der Waals surface area contributed by atoms with Crippen molar-refractivity contribution >= 4 is 0 Å². The first-order valence-electron chi connectivity index (χ1n) is 16.9. The third-order valence-electron chi connectivity index (χ3n) is 9.98. The molecule has 2 fully saturated rings. The van der Waals surface area contributed by atoms with Gasteiger partial charge in [-0.05, 0) is 104 Å². The van der Waals surface area contributed by atoms with E-state index < -0.39 is 64.5 Å². The number of hydrogen-bond acceptors (Lipinski definition) is 3. The van der Waals surface area contributed by atoms with Gasteiger partial charge in [-0.25, -0.2) is 13.5 Å². The van der Waals surface area contributed by atoms with E-state index in [1.54, 1.807) is 12.1 Å². The van der Waals surface area contributed by atoms with Gasteiger partial charge in [-0.2, -0.15) is 26.3 Å². The highest BCUT2D eigenvalue weighted by Gasteiger charge is 2.50. The van der Waals surface area contributed by atoms with Gasteiger partial charge in [0.15, 0.2) is 0 Å². The van der Waals surface area contributed by atoms with Crippen molar-refractivity contribution in [2.24, 2.45) is 17.8 Å². The molecule has 0 saturated heterocycles. The summed E-state index contributed by atoms with van der Waals surface area (Å²) in [6.07, 6.45) is -7.79. The van der Waals surface area contributed by atoms with Crippen LogP contribution in [0.15, 0.2) is 60.7 Å². The molecule has 5 rings (SSSR count). The van der Waals surface area contributed by atoms with Gasteiger partial charge in [0.1, 0.15) is 28.7 Å². The Morgan fingerprint density at radius 3 is 1.49 bits per heavy atom. The summed E-state index contributed by atoms with van der Waals surface area (Å²) in [5, 5.41) is 0. The van der Waals surface area contributed by atoms with E-state index in [2.05, 4.69) is 16.4 Å². The molecule has 0 atom stereocenters. The fraction of sp³-hybridized carbons (Fsp3) is 0.514. The molecule has 0 unspecified atom stereocenters. The fourth-order valence-corrected chi connectivity index (χ4v) is 7.44. The Kier molecular flexibility index (Phi) is 11.5. The second-order valence-electron chi connectivity index (χ2n) is 13.4. The molecule has 2 aliphatic carbocycles. The lowest BCUT2D eigenvalue weighted by Gasteiger charge is -2.38. The molecular weight excluding hydrogens is 701 g/mol. The minimum absolute atomic E-state index is 0.187. The third kappa shape index (κ3) is 9.66. The van der Waals surface area contributed by atoms with Crippen LogP contribution in [-0.4, -0.2) is 6.36 Å². The molecule has 0 heterocycles. The van der Waals surface area contributed by atoms with E-state index >= 15 is 8.78 Å². The molecule has 2 saturated carbocycles. The summed E-state index contributed by atoms with van der Waals surface area (Å²) in [7, 11) is 0. The topological polar surface area (TPSA) is 27.7 Å². The Hall–Kier alpha value is -3.55. The van der Waals surface area contributed by atoms with Crippen molar-refractivity contribution in [1.82, 2.24) is 0 Å². The predicted octanol–water partition coefficient (Wildman–Crippen LogP) is 12.7. The highest BCUT2D eigenvalue weighted by Crippen LogP contribution is 2.45. The van der Waals surface area contributed by atoms with Gasteiger partial charge in [0.05, 0.1) is 11.1 Å². The maximum absolute atomic E-state index is 15.1. The fourth-order valence-electron chi connectivity index (χ4n) is 7.44.